The molecular formula is C14H23N3O. The molecule has 2 aliphatic rings. The molecule has 1 N–H and O–H groups in total. The summed E-state index contributed by atoms with van der Waals surface area (Å²) in [5.41, 5.74) is -0.654. The molecule has 1 saturated heterocycles. The van der Waals surface area contributed by atoms with Crippen molar-refractivity contribution in [1.29, 1.82) is 5.26 Å². The van der Waals surface area contributed by atoms with Crippen LogP contribution in [0.25, 0.3) is 0 Å². The standard InChI is InChI=1S/C14H23N3O/c1-11-4-3-7-17(8-11)9-13(18)16-14(2,10-15)12-5-6-12/h11-12H,3-9H2,1-2H3,(H,16,18). The van der Waals surface area contributed by atoms with Crippen molar-refractivity contribution in [3.05, 3.63) is 0 Å². The molecule has 1 aliphatic carbocycles. The highest BCUT2D eigenvalue weighted by atomic mass is 16.2. The van der Waals surface area contributed by atoms with Gasteiger partial charge in [0, 0.05) is 6.54 Å². The minimum absolute atomic E-state index is 0.0000463. The number of rotatable bonds is 4. The zero-order valence-corrected chi connectivity index (χ0v) is 11.4. The zero-order chi connectivity index (χ0) is 13.2. The van der Waals surface area contributed by atoms with Crippen LogP contribution < -0.4 is 5.32 Å². The summed E-state index contributed by atoms with van der Waals surface area (Å²) in [6.07, 6.45) is 4.55. The van der Waals surface area contributed by atoms with Gasteiger partial charge in [0.15, 0.2) is 0 Å². The first-order valence-electron chi connectivity index (χ1n) is 6.98. The Morgan fingerprint density at radius 2 is 2.22 bits per heavy atom. The predicted octanol–water partition coefficient (Wildman–Crippen LogP) is 1.53. The number of piperidine rings is 1. The third-order valence-corrected chi connectivity index (χ3v) is 4.13. The average molecular weight is 249 g/mol. The van der Waals surface area contributed by atoms with E-state index in [2.05, 4.69) is 23.2 Å². The van der Waals surface area contributed by atoms with Crippen molar-refractivity contribution in [2.24, 2.45) is 11.8 Å². The third kappa shape index (κ3) is 3.23. The van der Waals surface area contributed by atoms with Gasteiger partial charge in [0.25, 0.3) is 0 Å². The predicted molar refractivity (Wildman–Crippen MR) is 69.7 cm³/mol. The fourth-order valence-electron chi connectivity index (χ4n) is 2.84. The summed E-state index contributed by atoms with van der Waals surface area (Å²) in [5, 5.41) is 12.1. The van der Waals surface area contributed by atoms with Crippen LogP contribution in [0.1, 0.15) is 39.5 Å². The Morgan fingerprint density at radius 3 is 2.78 bits per heavy atom. The second kappa shape index (κ2) is 5.27. The molecule has 4 nitrogen and oxygen atoms in total. The average Bonchev–Trinajstić information content (AvgIpc) is 3.12. The molecule has 0 aromatic carbocycles. The van der Waals surface area contributed by atoms with Crippen LogP contribution in [0.2, 0.25) is 0 Å². The van der Waals surface area contributed by atoms with Crippen molar-refractivity contribution in [1.82, 2.24) is 10.2 Å². The van der Waals surface area contributed by atoms with Crippen LogP contribution in [0.4, 0.5) is 0 Å². The lowest BCUT2D eigenvalue weighted by molar-refractivity contribution is -0.124. The molecule has 1 aliphatic heterocycles. The molecule has 0 spiro atoms. The first-order chi connectivity index (χ1) is 8.53. The number of carbonyl (C=O) groups is 1. The van der Waals surface area contributed by atoms with E-state index in [9.17, 15) is 10.1 Å². The molecule has 2 fully saturated rings. The van der Waals surface area contributed by atoms with Crippen molar-refractivity contribution >= 4 is 5.91 Å². The zero-order valence-electron chi connectivity index (χ0n) is 11.4. The smallest absolute Gasteiger partial charge is 0.235 e. The fraction of sp³-hybridized carbons (Fsp3) is 0.857. The van der Waals surface area contributed by atoms with Gasteiger partial charge in [-0.05, 0) is 51.0 Å². The lowest BCUT2D eigenvalue weighted by Gasteiger charge is -2.31. The Hall–Kier alpha value is -1.08. The molecule has 18 heavy (non-hydrogen) atoms. The van der Waals surface area contributed by atoms with Crippen LogP contribution in [0.15, 0.2) is 0 Å². The van der Waals surface area contributed by atoms with Crippen molar-refractivity contribution in [3.8, 4) is 6.07 Å². The lowest BCUT2D eigenvalue weighted by Crippen LogP contribution is -2.51. The Bertz CT molecular complexity index is 359. The van der Waals surface area contributed by atoms with E-state index in [0.717, 1.165) is 25.9 Å². The molecule has 1 amide bonds. The number of nitrogens with zero attached hydrogens (tertiary/aromatic N) is 2. The normalized spacial score (nSPS) is 28.2. The fourth-order valence-corrected chi connectivity index (χ4v) is 2.84. The van der Waals surface area contributed by atoms with E-state index in [4.69, 9.17) is 0 Å². The van der Waals surface area contributed by atoms with Gasteiger partial charge in [-0.25, -0.2) is 0 Å². The number of carbonyl (C=O) groups excluding carboxylic acids is 1. The summed E-state index contributed by atoms with van der Waals surface area (Å²) in [6.45, 7) is 6.52. The number of hydrogen-bond acceptors (Lipinski definition) is 3. The summed E-state index contributed by atoms with van der Waals surface area (Å²) >= 11 is 0. The summed E-state index contributed by atoms with van der Waals surface area (Å²) in [5.74, 6) is 1.03. The second-order valence-corrected chi connectivity index (χ2v) is 6.12. The molecule has 2 atom stereocenters. The Morgan fingerprint density at radius 1 is 1.50 bits per heavy atom. The SMILES string of the molecule is CC1CCCN(CC(=O)NC(C)(C#N)C2CC2)C1. The van der Waals surface area contributed by atoms with Crippen molar-refractivity contribution in [2.45, 2.75) is 45.1 Å². The Kier molecular flexibility index (Phi) is 3.91. The van der Waals surface area contributed by atoms with Gasteiger partial charge >= 0.3 is 0 Å². The van der Waals surface area contributed by atoms with Crippen molar-refractivity contribution in [3.63, 3.8) is 0 Å². The van der Waals surface area contributed by atoms with Crippen LogP contribution in [-0.4, -0.2) is 36.0 Å². The second-order valence-electron chi connectivity index (χ2n) is 6.12. The minimum atomic E-state index is -0.654. The van der Waals surface area contributed by atoms with Gasteiger partial charge in [-0.1, -0.05) is 6.92 Å². The number of likely N-dealkylation sites (tertiary alicyclic amines) is 1. The highest BCUT2D eigenvalue weighted by molar-refractivity contribution is 5.79. The van der Waals surface area contributed by atoms with Crippen LogP contribution in [-0.2, 0) is 4.79 Å². The number of hydrogen-bond donors (Lipinski definition) is 1. The summed E-state index contributed by atoms with van der Waals surface area (Å²) in [6, 6.07) is 2.27. The van der Waals surface area contributed by atoms with E-state index < -0.39 is 5.54 Å². The van der Waals surface area contributed by atoms with Crippen molar-refractivity contribution in [2.75, 3.05) is 19.6 Å². The first kappa shape index (κ1) is 13.4. The van der Waals surface area contributed by atoms with E-state index in [0.29, 0.717) is 18.4 Å². The third-order valence-electron chi connectivity index (χ3n) is 4.13. The van der Waals surface area contributed by atoms with Gasteiger partial charge in [0.05, 0.1) is 12.6 Å². The Balaban J connectivity index is 1.83. The topological polar surface area (TPSA) is 56.1 Å². The molecule has 0 radical (unpaired) electrons. The van der Waals surface area contributed by atoms with Crippen molar-refractivity contribution < 1.29 is 4.79 Å². The largest absolute Gasteiger partial charge is 0.337 e. The Labute approximate surface area is 109 Å². The van der Waals surface area contributed by atoms with E-state index in [1.54, 1.807) is 0 Å². The van der Waals surface area contributed by atoms with Crippen LogP contribution in [0.5, 0.6) is 0 Å². The van der Waals surface area contributed by atoms with E-state index in [-0.39, 0.29) is 5.91 Å². The van der Waals surface area contributed by atoms with E-state index in [1.165, 1.54) is 12.8 Å². The summed E-state index contributed by atoms with van der Waals surface area (Å²) in [7, 11) is 0. The number of amides is 1. The van der Waals surface area contributed by atoms with Gasteiger partial charge in [0.1, 0.15) is 5.54 Å². The van der Waals surface area contributed by atoms with Crippen LogP contribution in [0.3, 0.4) is 0 Å². The molecule has 1 heterocycles. The van der Waals surface area contributed by atoms with Gasteiger partial charge in [-0.2, -0.15) is 5.26 Å². The molecule has 2 rings (SSSR count). The molecule has 1 saturated carbocycles. The molecular weight excluding hydrogens is 226 g/mol. The minimum Gasteiger partial charge on any atom is -0.337 e. The molecule has 0 bridgehead atoms. The van der Waals surface area contributed by atoms with Crippen LogP contribution in [0, 0.1) is 23.2 Å². The van der Waals surface area contributed by atoms with Gasteiger partial charge in [-0.3, -0.25) is 9.69 Å². The maximum Gasteiger partial charge on any atom is 0.235 e. The molecule has 0 aromatic rings. The molecule has 100 valence electrons. The highest BCUT2D eigenvalue weighted by Crippen LogP contribution is 2.39. The summed E-state index contributed by atoms with van der Waals surface area (Å²) in [4.78, 5) is 14.2. The van der Waals surface area contributed by atoms with Crippen LogP contribution >= 0.6 is 0 Å². The van der Waals surface area contributed by atoms with E-state index in [1.807, 2.05) is 6.92 Å². The summed E-state index contributed by atoms with van der Waals surface area (Å²) < 4.78 is 0. The maximum absolute atomic E-state index is 12.0. The van der Waals surface area contributed by atoms with E-state index >= 15 is 0 Å². The molecule has 0 aromatic heterocycles. The molecule has 4 heteroatoms. The highest BCUT2D eigenvalue weighted by Gasteiger charge is 2.43. The van der Waals surface area contributed by atoms with Gasteiger partial charge in [0.2, 0.25) is 5.91 Å². The number of nitrogens with one attached hydrogen (secondary N) is 1. The van der Waals surface area contributed by atoms with Gasteiger partial charge in [-0.15, -0.1) is 0 Å². The lowest BCUT2D eigenvalue weighted by atomic mass is 9.97. The first-order valence-corrected chi connectivity index (χ1v) is 6.98. The maximum atomic E-state index is 12.0. The molecule has 2 unspecified atom stereocenters. The number of nitriles is 1. The van der Waals surface area contributed by atoms with Gasteiger partial charge < -0.3 is 5.32 Å². The quantitative estimate of drug-likeness (QED) is 0.822. The monoisotopic (exact) mass is 249 g/mol.